The molecule has 0 heterocycles. The third-order valence-electron chi connectivity index (χ3n) is 3.42. The van der Waals surface area contributed by atoms with Crippen LogP contribution < -0.4 is 5.73 Å². The molecule has 3 N–H and O–H groups in total. The maximum Gasteiger partial charge on any atom is 0.323 e. The predicted molar refractivity (Wildman–Crippen MR) is 59.7 cm³/mol. The van der Waals surface area contributed by atoms with Crippen molar-refractivity contribution >= 4 is 5.97 Å². The molecule has 4 heteroatoms. The van der Waals surface area contributed by atoms with E-state index in [4.69, 9.17) is 10.8 Å². The minimum Gasteiger partial charge on any atom is -0.480 e. The molecule has 1 unspecified atom stereocenters. The second kappa shape index (κ2) is 4.94. The Balaban J connectivity index is 2.32. The lowest BCUT2D eigenvalue weighted by Gasteiger charge is -2.27. The molecule has 0 aliphatic heterocycles. The van der Waals surface area contributed by atoms with Crippen molar-refractivity contribution in [3.63, 3.8) is 0 Å². The summed E-state index contributed by atoms with van der Waals surface area (Å²) in [6, 6.07) is 0.634. The molecule has 1 aliphatic rings. The molecule has 0 saturated heterocycles. The lowest BCUT2D eigenvalue weighted by Crippen LogP contribution is -2.47. The zero-order valence-electron chi connectivity index (χ0n) is 9.70. The first-order chi connectivity index (χ1) is 6.93. The molecular formula is C11H22N2O2. The molecule has 1 atom stereocenters. The van der Waals surface area contributed by atoms with Crippen LogP contribution in [0.1, 0.15) is 39.0 Å². The average Bonchev–Trinajstić information content (AvgIpc) is 2.66. The van der Waals surface area contributed by atoms with E-state index in [1.807, 2.05) is 0 Å². The highest BCUT2D eigenvalue weighted by atomic mass is 16.4. The van der Waals surface area contributed by atoms with Gasteiger partial charge in [-0.15, -0.1) is 0 Å². The van der Waals surface area contributed by atoms with E-state index in [0.717, 1.165) is 6.54 Å². The number of nitrogens with zero attached hydrogens (tertiary/aromatic N) is 1. The number of carboxylic acid groups (broad SMARTS) is 1. The molecule has 0 amide bonds. The largest absolute Gasteiger partial charge is 0.480 e. The Hall–Kier alpha value is -0.610. The van der Waals surface area contributed by atoms with Gasteiger partial charge in [0.2, 0.25) is 0 Å². The molecule has 1 saturated carbocycles. The van der Waals surface area contributed by atoms with Crippen LogP contribution in [0.2, 0.25) is 0 Å². The van der Waals surface area contributed by atoms with Crippen molar-refractivity contribution in [3.8, 4) is 0 Å². The fourth-order valence-corrected chi connectivity index (χ4v) is 2.04. The maximum absolute atomic E-state index is 10.8. The molecule has 88 valence electrons. The molecule has 0 aromatic rings. The monoisotopic (exact) mass is 214 g/mol. The fraction of sp³-hybridized carbons (Fsp3) is 0.909. The molecule has 4 nitrogen and oxygen atoms in total. The summed E-state index contributed by atoms with van der Waals surface area (Å²) in [4.78, 5) is 13.1. The van der Waals surface area contributed by atoms with Gasteiger partial charge < -0.3 is 15.7 Å². The van der Waals surface area contributed by atoms with E-state index in [0.29, 0.717) is 12.5 Å². The van der Waals surface area contributed by atoms with Gasteiger partial charge in [-0.05, 0) is 33.2 Å². The molecule has 0 aromatic heterocycles. The maximum atomic E-state index is 10.8. The van der Waals surface area contributed by atoms with Crippen LogP contribution in [0.4, 0.5) is 0 Å². The first kappa shape index (κ1) is 12.5. The van der Waals surface area contributed by atoms with Crippen molar-refractivity contribution in [3.05, 3.63) is 0 Å². The van der Waals surface area contributed by atoms with Gasteiger partial charge in [-0.25, -0.2) is 0 Å². The Kier molecular flexibility index (Phi) is 4.11. The van der Waals surface area contributed by atoms with E-state index in [1.165, 1.54) is 25.7 Å². The van der Waals surface area contributed by atoms with E-state index in [2.05, 4.69) is 11.9 Å². The minimum atomic E-state index is -1.09. The summed E-state index contributed by atoms with van der Waals surface area (Å²) in [6.07, 6.45) is 5.59. The van der Waals surface area contributed by atoms with Gasteiger partial charge in [0, 0.05) is 12.6 Å². The van der Waals surface area contributed by atoms with E-state index in [-0.39, 0.29) is 0 Å². The number of hydrogen-bond acceptors (Lipinski definition) is 3. The summed E-state index contributed by atoms with van der Waals surface area (Å²) in [6.45, 7) is 2.35. The molecule has 1 fully saturated rings. The molecular weight excluding hydrogens is 192 g/mol. The first-order valence-electron chi connectivity index (χ1n) is 5.66. The molecule has 0 bridgehead atoms. The second-order valence-corrected chi connectivity index (χ2v) is 4.89. The van der Waals surface area contributed by atoms with Gasteiger partial charge in [-0.3, -0.25) is 4.79 Å². The van der Waals surface area contributed by atoms with Crippen molar-refractivity contribution < 1.29 is 9.90 Å². The zero-order valence-corrected chi connectivity index (χ0v) is 9.70. The zero-order chi connectivity index (χ0) is 11.5. The summed E-state index contributed by atoms with van der Waals surface area (Å²) < 4.78 is 0. The number of rotatable bonds is 5. The number of aliphatic carboxylic acids is 1. The summed E-state index contributed by atoms with van der Waals surface area (Å²) >= 11 is 0. The Morgan fingerprint density at radius 2 is 2.07 bits per heavy atom. The standard InChI is InChI=1S/C11H22N2O2/c1-11(12,10(14)15)7-8-13(2)9-5-3-4-6-9/h9H,3-8,12H2,1-2H3,(H,14,15). The lowest BCUT2D eigenvalue weighted by atomic mass is 9.99. The van der Waals surface area contributed by atoms with Crippen LogP contribution >= 0.6 is 0 Å². The summed E-state index contributed by atoms with van der Waals surface area (Å²) in [7, 11) is 2.06. The minimum absolute atomic E-state index is 0.509. The van der Waals surface area contributed by atoms with Crippen molar-refractivity contribution in [1.29, 1.82) is 0 Å². The highest BCUT2D eigenvalue weighted by Crippen LogP contribution is 2.23. The van der Waals surface area contributed by atoms with Crippen LogP contribution in [0.3, 0.4) is 0 Å². The van der Waals surface area contributed by atoms with Crippen LogP contribution in [0.15, 0.2) is 0 Å². The molecule has 1 rings (SSSR count). The normalized spacial score (nSPS) is 21.9. The number of hydrogen-bond donors (Lipinski definition) is 2. The Morgan fingerprint density at radius 3 is 2.53 bits per heavy atom. The predicted octanol–water partition coefficient (Wildman–Crippen LogP) is 1.05. The Labute approximate surface area is 91.4 Å². The van der Waals surface area contributed by atoms with Gasteiger partial charge >= 0.3 is 5.97 Å². The third kappa shape index (κ3) is 3.47. The fourth-order valence-electron chi connectivity index (χ4n) is 2.04. The van der Waals surface area contributed by atoms with Crippen LogP contribution in [-0.2, 0) is 4.79 Å². The topological polar surface area (TPSA) is 66.6 Å². The quantitative estimate of drug-likeness (QED) is 0.718. The van der Waals surface area contributed by atoms with Crippen molar-refractivity contribution in [1.82, 2.24) is 4.90 Å². The molecule has 1 aliphatic carbocycles. The Morgan fingerprint density at radius 1 is 1.53 bits per heavy atom. The lowest BCUT2D eigenvalue weighted by molar-refractivity contribution is -0.143. The van der Waals surface area contributed by atoms with E-state index in [9.17, 15) is 4.79 Å². The first-order valence-corrected chi connectivity index (χ1v) is 5.66. The Bertz CT molecular complexity index is 223. The summed E-state index contributed by atoms with van der Waals surface area (Å²) in [5, 5.41) is 8.88. The second-order valence-electron chi connectivity index (χ2n) is 4.89. The van der Waals surface area contributed by atoms with Gasteiger partial charge in [0.1, 0.15) is 5.54 Å². The van der Waals surface area contributed by atoms with Gasteiger partial charge in [0.15, 0.2) is 0 Å². The number of nitrogens with two attached hydrogens (primary N) is 1. The summed E-state index contributed by atoms with van der Waals surface area (Å²) in [5.41, 5.74) is 4.59. The van der Waals surface area contributed by atoms with Crippen LogP contribution in [0.25, 0.3) is 0 Å². The number of carboxylic acids is 1. The molecule has 15 heavy (non-hydrogen) atoms. The van der Waals surface area contributed by atoms with Gasteiger partial charge in [0.05, 0.1) is 0 Å². The van der Waals surface area contributed by atoms with Gasteiger partial charge in [-0.1, -0.05) is 12.8 Å². The van der Waals surface area contributed by atoms with E-state index >= 15 is 0 Å². The van der Waals surface area contributed by atoms with Gasteiger partial charge in [-0.2, -0.15) is 0 Å². The van der Waals surface area contributed by atoms with Crippen molar-refractivity contribution in [2.24, 2.45) is 5.73 Å². The van der Waals surface area contributed by atoms with Crippen LogP contribution in [0.5, 0.6) is 0 Å². The van der Waals surface area contributed by atoms with Crippen LogP contribution in [-0.4, -0.2) is 41.1 Å². The molecule has 0 radical (unpaired) electrons. The van der Waals surface area contributed by atoms with E-state index in [1.54, 1.807) is 6.92 Å². The highest BCUT2D eigenvalue weighted by molar-refractivity contribution is 5.77. The molecule has 0 aromatic carbocycles. The highest BCUT2D eigenvalue weighted by Gasteiger charge is 2.29. The number of carbonyl (C=O) groups is 1. The van der Waals surface area contributed by atoms with Crippen molar-refractivity contribution in [2.45, 2.75) is 50.6 Å². The molecule has 0 spiro atoms. The smallest absolute Gasteiger partial charge is 0.323 e. The van der Waals surface area contributed by atoms with Gasteiger partial charge in [0.25, 0.3) is 0 Å². The van der Waals surface area contributed by atoms with Crippen molar-refractivity contribution in [2.75, 3.05) is 13.6 Å². The SMILES string of the molecule is CN(CCC(C)(N)C(=O)O)C1CCCC1. The summed E-state index contributed by atoms with van der Waals surface area (Å²) in [5.74, 6) is -0.915. The van der Waals surface area contributed by atoms with E-state index < -0.39 is 11.5 Å². The van der Waals surface area contributed by atoms with Crippen LogP contribution in [0, 0.1) is 0 Å². The average molecular weight is 214 g/mol. The third-order valence-corrected chi connectivity index (χ3v) is 3.42.